The van der Waals surface area contributed by atoms with Crippen LogP contribution in [-0.2, 0) is 4.84 Å². The Morgan fingerprint density at radius 1 is 1.26 bits per heavy atom. The lowest BCUT2D eigenvalue weighted by atomic mass is 9.92. The molecule has 0 amide bonds. The van der Waals surface area contributed by atoms with Gasteiger partial charge in [-0.1, -0.05) is 36.4 Å². The molecule has 3 rings (SSSR count). The summed E-state index contributed by atoms with van der Waals surface area (Å²) in [5, 5.41) is 4.56. The number of hydrogen-bond donors (Lipinski definition) is 1. The van der Waals surface area contributed by atoms with Crippen molar-refractivity contribution in [2.45, 2.75) is 32.6 Å². The van der Waals surface area contributed by atoms with Crippen molar-refractivity contribution < 1.29 is 9.63 Å². The highest BCUT2D eigenvalue weighted by Gasteiger charge is 2.24. The summed E-state index contributed by atoms with van der Waals surface area (Å²) in [4.78, 5) is 17.1. The second kappa shape index (κ2) is 6.79. The highest BCUT2D eigenvalue weighted by molar-refractivity contribution is 5.91. The molecular formula is C18H21N3O2. The number of anilines is 1. The number of rotatable bonds is 4. The lowest BCUT2D eigenvalue weighted by Crippen LogP contribution is -2.13. The summed E-state index contributed by atoms with van der Waals surface area (Å²) in [7, 11) is 1.54. The van der Waals surface area contributed by atoms with Crippen LogP contribution in [0.3, 0.4) is 0 Å². The Morgan fingerprint density at radius 2 is 2.04 bits per heavy atom. The van der Waals surface area contributed by atoms with Gasteiger partial charge in [-0.15, -0.1) is 0 Å². The number of benzene rings is 1. The van der Waals surface area contributed by atoms with Crippen molar-refractivity contribution in [2.24, 2.45) is 0 Å². The Labute approximate surface area is 135 Å². The van der Waals surface area contributed by atoms with E-state index in [4.69, 9.17) is 4.84 Å². The second-order valence-corrected chi connectivity index (χ2v) is 5.65. The molecular weight excluding hydrogens is 290 g/mol. The van der Waals surface area contributed by atoms with Crippen molar-refractivity contribution in [2.75, 3.05) is 12.6 Å². The topological polar surface area (TPSA) is 56.1 Å². The molecule has 5 nitrogen and oxygen atoms in total. The fourth-order valence-corrected chi connectivity index (χ4v) is 3.00. The van der Waals surface area contributed by atoms with E-state index in [1.54, 1.807) is 7.11 Å². The van der Waals surface area contributed by atoms with Crippen molar-refractivity contribution in [3.8, 4) is 11.3 Å². The Kier molecular flexibility index (Phi) is 4.57. The lowest BCUT2D eigenvalue weighted by Gasteiger charge is -2.15. The van der Waals surface area contributed by atoms with Crippen LogP contribution < -0.4 is 5.48 Å². The van der Waals surface area contributed by atoms with Crippen molar-refractivity contribution in [3.05, 3.63) is 42.0 Å². The summed E-state index contributed by atoms with van der Waals surface area (Å²) < 4.78 is 1.39. The zero-order chi connectivity index (χ0) is 16.2. The smallest absolute Gasteiger partial charge is 0.245 e. The zero-order valence-corrected chi connectivity index (χ0v) is 13.5. The van der Waals surface area contributed by atoms with Crippen molar-refractivity contribution in [1.29, 1.82) is 0 Å². The van der Waals surface area contributed by atoms with Gasteiger partial charge in [-0.2, -0.15) is 9.78 Å². The number of hydrogen-bond acceptors (Lipinski definition) is 4. The summed E-state index contributed by atoms with van der Waals surface area (Å²) >= 11 is 0. The van der Waals surface area contributed by atoms with Crippen molar-refractivity contribution in [3.63, 3.8) is 0 Å². The van der Waals surface area contributed by atoms with Crippen molar-refractivity contribution in [1.82, 2.24) is 9.78 Å². The molecule has 0 spiro atoms. The summed E-state index contributed by atoms with van der Waals surface area (Å²) in [6, 6.07) is 9.95. The van der Waals surface area contributed by atoms with E-state index in [2.05, 4.69) is 16.7 Å². The molecule has 0 atom stereocenters. The number of carbonyl (C=O) groups is 1. The minimum absolute atomic E-state index is 0.149. The van der Waals surface area contributed by atoms with E-state index in [1.807, 2.05) is 30.3 Å². The average Bonchev–Trinajstić information content (AvgIpc) is 2.96. The molecule has 0 fully saturated rings. The number of aromatic nitrogens is 2. The van der Waals surface area contributed by atoms with E-state index >= 15 is 0 Å². The van der Waals surface area contributed by atoms with Crippen LogP contribution in [0.1, 0.15) is 43.0 Å². The third-order valence-electron chi connectivity index (χ3n) is 4.04. The van der Waals surface area contributed by atoms with Crippen LogP contribution in [0.2, 0.25) is 0 Å². The molecule has 0 aliphatic heterocycles. The normalized spacial score (nSPS) is 14.4. The summed E-state index contributed by atoms with van der Waals surface area (Å²) in [5.41, 5.74) is 6.85. The Hall–Kier alpha value is -2.40. The van der Waals surface area contributed by atoms with Crippen LogP contribution in [0.15, 0.2) is 36.4 Å². The first kappa shape index (κ1) is 15.5. The number of nitrogens with zero attached hydrogens (tertiary/aromatic N) is 2. The van der Waals surface area contributed by atoms with Gasteiger partial charge in [0.2, 0.25) is 5.91 Å². The average molecular weight is 311 g/mol. The van der Waals surface area contributed by atoms with Gasteiger partial charge in [0.05, 0.1) is 12.7 Å². The largest absolute Gasteiger partial charge is 0.278 e. The van der Waals surface area contributed by atoms with Gasteiger partial charge in [0, 0.05) is 12.5 Å². The molecule has 23 heavy (non-hydrogen) atoms. The number of carbonyl (C=O) groups excluding carboxylic acids is 1. The molecule has 0 radical (unpaired) electrons. The van der Waals surface area contributed by atoms with Crippen LogP contribution in [0, 0.1) is 0 Å². The quantitative estimate of drug-likeness (QED) is 0.862. The molecule has 120 valence electrons. The molecule has 0 saturated carbocycles. The van der Waals surface area contributed by atoms with Gasteiger partial charge < -0.3 is 0 Å². The van der Waals surface area contributed by atoms with E-state index in [-0.39, 0.29) is 5.91 Å². The Morgan fingerprint density at radius 3 is 2.65 bits per heavy atom. The van der Waals surface area contributed by atoms with Gasteiger partial charge >= 0.3 is 0 Å². The minimum atomic E-state index is -0.149. The summed E-state index contributed by atoms with van der Waals surface area (Å²) in [6.45, 7) is 1.50. The van der Waals surface area contributed by atoms with Crippen LogP contribution in [-0.4, -0.2) is 22.8 Å². The number of nitrogens with one attached hydrogen (secondary N) is 1. The third-order valence-corrected chi connectivity index (χ3v) is 4.04. The van der Waals surface area contributed by atoms with Gasteiger partial charge in [0.25, 0.3) is 0 Å². The van der Waals surface area contributed by atoms with Gasteiger partial charge in [-0.25, -0.2) is 5.48 Å². The molecule has 1 heterocycles. The first-order valence-corrected chi connectivity index (χ1v) is 7.90. The third kappa shape index (κ3) is 3.05. The molecule has 0 unspecified atom stereocenters. The lowest BCUT2D eigenvalue weighted by molar-refractivity contribution is 0.0921. The maximum atomic E-state index is 12.0. The first-order valence-electron chi connectivity index (χ1n) is 7.90. The second-order valence-electron chi connectivity index (χ2n) is 5.65. The van der Waals surface area contributed by atoms with Gasteiger partial charge in [-0.05, 0) is 31.3 Å². The van der Waals surface area contributed by atoms with Crippen molar-refractivity contribution >= 4 is 17.3 Å². The highest BCUT2D eigenvalue weighted by atomic mass is 16.6. The molecule has 1 aromatic carbocycles. The molecule has 5 heteroatoms. The number of allylic oxidation sites excluding steroid dienone is 2. The predicted molar refractivity (Wildman–Crippen MR) is 91.0 cm³/mol. The summed E-state index contributed by atoms with van der Waals surface area (Å²) in [5.74, 6) is 0.455. The first-order chi connectivity index (χ1) is 11.2. The molecule has 1 aliphatic carbocycles. The predicted octanol–water partition coefficient (Wildman–Crippen LogP) is 4.14. The maximum absolute atomic E-state index is 12.0. The fourth-order valence-electron chi connectivity index (χ4n) is 3.00. The van der Waals surface area contributed by atoms with Crippen LogP contribution in [0.4, 0.5) is 5.82 Å². The molecule has 0 bridgehead atoms. The molecule has 0 saturated heterocycles. The van der Waals surface area contributed by atoms with E-state index < -0.39 is 0 Å². The van der Waals surface area contributed by atoms with E-state index in [1.165, 1.54) is 23.6 Å². The molecule has 1 aliphatic rings. The van der Waals surface area contributed by atoms with Crippen LogP contribution >= 0.6 is 0 Å². The fraction of sp³-hybridized carbons (Fsp3) is 0.333. The minimum Gasteiger partial charge on any atom is -0.278 e. The molecule has 1 aromatic heterocycles. The van der Waals surface area contributed by atoms with E-state index in [0.29, 0.717) is 5.82 Å². The maximum Gasteiger partial charge on any atom is 0.245 e. The zero-order valence-electron chi connectivity index (χ0n) is 13.5. The summed E-state index contributed by atoms with van der Waals surface area (Å²) in [6.07, 6.45) is 6.65. The standard InChI is InChI=1S/C18H21N3O2/c1-13(22)21-18(20-23-2)16(14-9-5-3-6-10-14)17(19-21)15-11-7-4-8-12-15/h4,7-9,11-12,20H,3,5-6,10H2,1-2H3. The van der Waals surface area contributed by atoms with E-state index in [9.17, 15) is 4.79 Å². The molecule has 2 aromatic rings. The van der Waals surface area contributed by atoms with Gasteiger partial charge in [-0.3, -0.25) is 9.63 Å². The van der Waals surface area contributed by atoms with Crippen LogP contribution in [0.5, 0.6) is 0 Å². The van der Waals surface area contributed by atoms with Gasteiger partial charge in [0.1, 0.15) is 5.69 Å². The SMILES string of the molecule is CONc1c(C2=CCCCC2)c(-c2ccccc2)nn1C(C)=O. The van der Waals surface area contributed by atoms with Crippen LogP contribution in [0.25, 0.3) is 16.8 Å². The monoisotopic (exact) mass is 311 g/mol. The Balaban J connectivity index is 2.23. The highest BCUT2D eigenvalue weighted by Crippen LogP contribution is 2.38. The van der Waals surface area contributed by atoms with E-state index in [0.717, 1.165) is 36.1 Å². The van der Waals surface area contributed by atoms with Gasteiger partial charge in [0.15, 0.2) is 5.82 Å². The Bertz CT molecular complexity index is 732. The molecule has 1 N–H and O–H groups in total.